The Labute approximate surface area is 176 Å². The summed E-state index contributed by atoms with van der Waals surface area (Å²) >= 11 is 0. The van der Waals surface area contributed by atoms with Gasteiger partial charge < -0.3 is 16.0 Å². The Hall–Kier alpha value is -3.35. The van der Waals surface area contributed by atoms with Crippen molar-refractivity contribution >= 4 is 29.2 Å². The van der Waals surface area contributed by atoms with Crippen molar-refractivity contribution in [2.45, 2.75) is 39.0 Å². The molecule has 3 aromatic rings. The molecule has 0 aliphatic carbocycles. The molecular weight excluding hydrogens is 376 g/mol. The predicted molar refractivity (Wildman–Crippen MR) is 120 cm³/mol. The molecule has 0 spiro atoms. The summed E-state index contributed by atoms with van der Waals surface area (Å²) < 4.78 is 1.22. The second-order valence-electron chi connectivity index (χ2n) is 8.70. The van der Waals surface area contributed by atoms with Gasteiger partial charge in [0, 0.05) is 30.0 Å². The maximum atomic E-state index is 13.0. The number of anilines is 4. The average molecular weight is 405 g/mol. The standard InChI is InChI=1S/C23H28N6O/c1-23(2,3)17-8-6-16(7-9-17)20(30)29-22(26-21(24)27-29)25-18-10-12-19(13-11-18)28-14-4-5-15-28/h6-13H,4-5,14-15H2,1-3H3,(H3,24,25,26,27). The molecule has 156 valence electrons. The molecule has 7 nitrogen and oxygen atoms in total. The van der Waals surface area contributed by atoms with Crippen molar-refractivity contribution in [2.24, 2.45) is 0 Å². The Morgan fingerprint density at radius 2 is 1.63 bits per heavy atom. The van der Waals surface area contributed by atoms with E-state index in [1.54, 1.807) is 0 Å². The molecule has 4 rings (SSSR count). The molecular formula is C23H28N6O. The van der Waals surface area contributed by atoms with Gasteiger partial charge in [0.1, 0.15) is 0 Å². The lowest BCUT2D eigenvalue weighted by molar-refractivity contribution is 0.0948. The Morgan fingerprint density at radius 1 is 1.00 bits per heavy atom. The molecule has 0 amide bonds. The van der Waals surface area contributed by atoms with Gasteiger partial charge in [-0.15, -0.1) is 5.10 Å². The van der Waals surface area contributed by atoms with E-state index in [4.69, 9.17) is 5.73 Å². The van der Waals surface area contributed by atoms with Crippen LogP contribution in [0.5, 0.6) is 0 Å². The predicted octanol–water partition coefficient (Wildman–Crippen LogP) is 4.19. The van der Waals surface area contributed by atoms with Gasteiger partial charge in [-0.2, -0.15) is 9.67 Å². The summed E-state index contributed by atoms with van der Waals surface area (Å²) in [6.45, 7) is 8.61. The van der Waals surface area contributed by atoms with Gasteiger partial charge in [0.25, 0.3) is 5.91 Å². The first-order chi connectivity index (χ1) is 14.3. The monoisotopic (exact) mass is 404 g/mol. The van der Waals surface area contributed by atoms with E-state index in [2.05, 4.69) is 53.2 Å². The molecule has 1 aliphatic rings. The topological polar surface area (TPSA) is 89.1 Å². The van der Waals surface area contributed by atoms with Crippen LogP contribution in [-0.2, 0) is 5.41 Å². The maximum Gasteiger partial charge on any atom is 0.281 e. The number of carbonyl (C=O) groups excluding carboxylic acids is 1. The van der Waals surface area contributed by atoms with E-state index < -0.39 is 0 Å². The van der Waals surface area contributed by atoms with E-state index in [1.165, 1.54) is 23.2 Å². The van der Waals surface area contributed by atoms with Gasteiger partial charge in [-0.3, -0.25) is 4.79 Å². The van der Waals surface area contributed by atoms with Crippen LogP contribution < -0.4 is 16.0 Å². The molecule has 0 atom stereocenters. The summed E-state index contributed by atoms with van der Waals surface area (Å²) in [5.74, 6) is 0.0630. The highest BCUT2D eigenvalue weighted by atomic mass is 16.2. The van der Waals surface area contributed by atoms with E-state index in [0.717, 1.165) is 24.3 Å². The number of hydrogen-bond acceptors (Lipinski definition) is 6. The summed E-state index contributed by atoms with van der Waals surface area (Å²) in [6.07, 6.45) is 2.47. The summed E-state index contributed by atoms with van der Waals surface area (Å²) in [5.41, 5.74) is 9.53. The van der Waals surface area contributed by atoms with Gasteiger partial charge in [-0.05, 0) is 60.2 Å². The Kier molecular flexibility index (Phi) is 5.20. The molecule has 2 aromatic carbocycles. The molecule has 0 unspecified atom stereocenters. The third-order valence-corrected chi connectivity index (χ3v) is 5.41. The first kappa shape index (κ1) is 19.9. The molecule has 0 radical (unpaired) electrons. The zero-order valence-corrected chi connectivity index (χ0v) is 17.7. The molecule has 3 N–H and O–H groups in total. The molecule has 1 aromatic heterocycles. The minimum absolute atomic E-state index is 0.0210. The van der Waals surface area contributed by atoms with Crippen LogP contribution in [0.15, 0.2) is 48.5 Å². The number of hydrogen-bond donors (Lipinski definition) is 2. The van der Waals surface area contributed by atoms with Crippen LogP contribution in [0.2, 0.25) is 0 Å². The van der Waals surface area contributed by atoms with Crippen LogP contribution in [-0.4, -0.2) is 33.8 Å². The SMILES string of the molecule is CC(C)(C)c1ccc(C(=O)n2nc(N)nc2Nc2ccc(N3CCCC3)cc2)cc1. The van der Waals surface area contributed by atoms with Crippen molar-refractivity contribution in [2.75, 3.05) is 29.0 Å². The van der Waals surface area contributed by atoms with Gasteiger partial charge in [-0.25, -0.2) is 0 Å². The van der Waals surface area contributed by atoms with Crippen LogP contribution in [0, 0.1) is 0 Å². The smallest absolute Gasteiger partial charge is 0.281 e. The lowest BCUT2D eigenvalue weighted by atomic mass is 9.87. The highest BCUT2D eigenvalue weighted by Gasteiger charge is 2.19. The third kappa shape index (κ3) is 4.15. The maximum absolute atomic E-state index is 13.0. The van der Waals surface area contributed by atoms with Gasteiger partial charge in [0.15, 0.2) is 0 Å². The van der Waals surface area contributed by atoms with Gasteiger partial charge >= 0.3 is 0 Å². The van der Waals surface area contributed by atoms with E-state index in [0.29, 0.717) is 11.5 Å². The van der Waals surface area contributed by atoms with Gasteiger partial charge in [0.05, 0.1) is 0 Å². The van der Waals surface area contributed by atoms with Crippen molar-refractivity contribution in [3.05, 3.63) is 59.7 Å². The second-order valence-corrected chi connectivity index (χ2v) is 8.70. The number of carbonyl (C=O) groups is 1. The van der Waals surface area contributed by atoms with Crippen molar-refractivity contribution < 1.29 is 4.79 Å². The first-order valence-electron chi connectivity index (χ1n) is 10.3. The summed E-state index contributed by atoms with van der Waals surface area (Å²) in [4.78, 5) is 19.6. The quantitative estimate of drug-likeness (QED) is 0.678. The third-order valence-electron chi connectivity index (χ3n) is 5.41. The van der Waals surface area contributed by atoms with E-state index >= 15 is 0 Å². The fourth-order valence-corrected chi connectivity index (χ4v) is 3.65. The Morgan fingerprint density at radius 3 is 2.23 bits per heavy atom. The van der Waals surface area contributed by atoms with Crippen molar-refractivity contribution in [3.8, 4) is 0 Å². The summed E-state index contributed by atoms with van der Waals surface area (Å²) in [5, 5.41) is 7.27. The number of nitrogens with one attached hydrogen (secondary N) is 1. The fourth-order valence-electron chi connectivity index (χ4n) is 3.65. The highest BCUT2D eigenvalue weighted by molar-refractivity contribution is 5.97. The largest absolute Gasteiger partial charge is 0.372 e. The Bertz CT molecular complexity index is 1030. The van der Waals surface area contributed by atoms with Crippen LogP contribution >= 0.6 is 0 Å². The molecule has 1 saturated heterocycles. The molecule has 0 bridgehead atoms. The number of aromatic nitrogens is 3. The summed E-state index contributed by atoms with van der Waals surface area (Å²) in [7, 11) is 0. The summed E-state index contributed by atoms with van der Waals surface area (Å²) in [6, 6.07) is 15.7. The van der Waals surface area contributed by atoms with Gasteiger partial charge in [0.2, 0.25) is 11.9 Å². The molecule has 1 aliphatic heterocycles. The van der Waals surface area contributed by atoms with E-state index in [9.17, 15) is 4.79 Å². The van der Waals surface area contributed by atoms with Crippen LogP contribution in [0.4, 0.5) is 23.3 Å². The van der Waals surface area contributed by atoms with Crippen LogP contribution in [0.25, 0.3) is 0 Å². The minimum atomic E-state index is -0.282. The molecule has 2 heterocycles. The zero-order valence-electron chi connectivity index (χ0n) is 17.7. The normalized spacial score (nSPS) is 14.2. The van der Waals surface area contributed by atoms with Crippen LogP contribution in [0.3, 0.4) is 0 Å². The lowest BCUT2D eigenvalue weighted by Gasteiger charge is -2.19. The van der Waals surface area contributed by atoms with Crippen molar-refractivity contribution in [1.29, 1.82) is 0 Å². The van der Waals surface area contributed by atoms with Crippen LogP contribution in [0.1, 0.15) is 49.5 Å². The van der Waals surface area contributed by atoms with E-state index in [-0.39, 0.29) is 17.3 Å². The molecule has 30 heavy (non-hydrogen) atoms. The number of nitrogen functional groups attached to an aromatic ring is 1. The Balaban J connectivity index is 1.54. The van der Waals surface area contributed by atoms with E-state index in [1.807, 2.05) is 36.4 Å². The average Bonchev–Trinajstić information content (AvgIpc) is 3.37. The first-order valence-corrected chi connectivity index (χ1v) is 10.3. The molecule has 1 fully saturated rings. The zero-order chi connectivity index (χ0) is 21.3. The number of nitrogens with two attached hydrogens (primary N) is 1. The number of benzene rings is 2. The fraction of sp³-hybridized carbons (Fsp3) is 0.348. The van der Waals surface area contributed by atoms with Crippen molar-refractivity contribution in [3.63, 3.8) is 0 Å². The highest BCUT2D eigenvalue weighted by Crippen LogP contribution is 2.25. The lowest BCUT2D eigenvalue weighted by Crippen LogP contribution is -2.18. The number of rotatable bonds is 4. The molecule has 0 saturated carbocycles. The minimum Gasteiger partial charge on any atom is -0.372 e. The van der Waals surface area contributed by atoms with Gasteiger partial charge in [-0.1, -0.05) is 32.9 Å². The number of nitrogens with zero attached hydrogens (tertiary/aromatic N) is 4. The molecule has 7 heteroatoms. The van der Waals surface area contributed by atoms with Crippen molar-refractivity contribution in [1.82, 2.24) is 14.8 Å². The second kappa shape index (κ2) is 7.82.